The first-order valence-electron chi connectivity index (χ1n) is 5.80. The van der Waals surface area contributed by atoms with Gasteiger partial charge in [-0.15, -0.1) is 0 Å². The van der Waals surface area contributed by atoms with Crippen molar-refractivity contribution in [1.82, 2.24) is 15.1 Å². The van der Waals surface area contributed by atoms with Gasteiger partial charge in [-0.05, 0) is 11.5 Å². The zero-order chi connectivity index (χ0) is 13.8. The molecular formula is C12H19N3O3. The van der Waals surface area contributed by atoms with Crippen LogP contribution in [0.5, 0.6) is 0 Å². The van der Waals surface area contributed by atoms with Crippen molar-refractivity contribution < 1.29 is 14.7 Å². The summed E-state index contributed by atoms with van der Waals surface area (Å²) in [4.78, 5) is 22.8. The van der Waals surface area contributed by atoms with E-state index in [1.165, 1.54) is 0 Å². The fraction of sp³-hybridized carbons (Fsp3) is 0.583. The Bertz CT molecular complexity index is 407. The number of carboxylic acids is 1. The maximum Gasteiger partial charge on any atom is 0.326 e. The molecule has 18 heavy (non-hydrogen) atoms. The summed E-state index contributed by atoms with van der Waals surface area (Å²) in [5.41, 5.74) is -0.521. The molecule has 0 fully saturated rings. The number of carboxylic acid groups (broad SMARTS) is 1. The summed E-state index contributed by atoms with van der Waals surface area (Å²) in [5, 5.41) is 15.6. The lowest BCUT2D eigenvalue weighted by Gasteiger charge is -2.27. The van der Waals surface area contributed by atoms with E-state index in [4.69, 9.17) is 5.11 Å². The van der Waals surface area contributed by atoms with Gasteiger partial charge in [-0.3, -0.25) is 9.48 Å². The molecule has 0 saturated carbocycles. The summed E-state index contributed by atoms with van der Waals surface area (Å²) in [7, 11) is 0. The zero-order valence-electron chi connectivity index (χ0n) is 10.9. The smallest absolute Gasteiger partial charge is 0.326 e. The van der Waals surface area contributed by atoms with Crippen LogP contribution in [0.15, 0.2) is 18.5 Å². The van der Waals surface area contributed by atoms with Gasteiger partial charge in [-0.1, -0.05) is 20.8 Å². The van der Waals surface area contributed by atoms with Gasteiger partial charge in [0.2, 0.25) is 5.91 Å². The standard InChI is InChI=1S/C12H19N3O3/c1-12(2,3)10(11(17)18)14-9(16)5-8-15-7-4-6-13-15/h4,6-7,10H,5,8H2,1-3H3,(H,14,16)(H,17,18)/t10-/m0/s1. The SMILES string of the molecule is CC(C)(C)[C@@H](NC(=O)CCn1cccn1)C(=O)O. The van der Waals surface area contributed by atoms with Crippen LogP contribution in [0.1, 0.15) is 27.2 Å². The third kappa shape index (κ3) is 4.20. The Labute approximate surface area is 106 Å². The lowest BCUT2D eigenvalue weighted by atomic mass is 9.86. The lowest BCUT2D eigenvalue weighted by Crippen LogP contribution is -2.49. The number of nitrogens with one attached hydrogen (secondary N) is 1. The molecule has 0 aliphatic carbocycles. The van der Waals surface area contributed by atoms with Crippen molar-refractivity contribution in [3.05, 3.63) is 18.5 Å². The van der Waals surface area contributed by atoms with E-state index in [0.717, 1.165) is 0 Å². The van der Waals surface area contributed by atoms with Crippen molar-refractivity contribution in [1.29, 1.82) is 0 Å². The molecule has 0 aliphatic heterocycles. The first-order chi connectivity index (χ1) is 8.30. The number of aromatic nitrogens is 2. The normalized spacial score (nSPS) is 13.1. The summed E-state index contributed by atoms with van der Waals surface area (Å²) in [6, 6.07) is 0.884. The van der Waals surface area contributed by atoms with Gasteiger partial charge in [0.15, 0.2) is 0 Å². The number of carbonyl (C=O) groups is 2. The number of rotatable bonds is 5. The van der Waals surface area contributed by atoms with Crippen LogP contribution in [0.25, 0.3) is 0 Å². The van der Waals surface area contributed by atoms with E-state index in [-0.39, 0.29) is 12.3 Å². The van der Waals surface area contributed by atoms with E-state index >= 15 is 0 Å². The summed E-state index contributed by atoms with van der Waals surface area (Å²) < 4.78 is 1.63. The fourth-order valence-corrected chi connectivity index (χ4v) is 1.53. The van der Waals surface area contributed by atoms with Gasteiger partial charge in [-0.2, -0.15) is 5.10 Å². The van der Waals surface area contributed by atoms with Gasteiger partial charge in [0.05, 0.1) is 0 Å². The molecule has 6 heteroatoms. The number of nitrogens with zero attached hydrogens (tertiary/aromatic N) is 2. The maximum absolute atomic E-state index is 11.7. The molecule has 1 rings (SSSR count). The third-order valence-corrected chi connectivity index (χ3v) is 2.55. The predicted octanol–water partition coefficient (Wildman–Crippen LogP) is 0.889. The molecule has 1 amide bonds. The van der Waals surface area contributed by atoms with Crippen LogP contribution in [0.2, 0.25) is 0 Å². The topological polar surface area (TPSA) is 84.2 Å². The molecule has 1 aromatic heterocycles. The average Bonchev–Trinajstić information content (AvgIpc) is 2.73. The molecule has 2 N–H and O–H groups in total. The summed E-state index contributed by atoms with van der Waals surface area (Å²) >= 11 is 0. The van der Waals surface area contributed by atoms with Crippen LogP contribution < -0.4 is 5.32 Å². The quantitative estimate of drug-likeness (QED) is 0.816. The molecule has 0 aliphatic rings. The number of hydrogen-bond donors (Lipinski definition) is 2. The van der Waals surface area contributed by atoms with E-state index in [9.17, 15) is 9.59 Å². The van der Waals surface area contributed by atoms with Crippen LogP contribution in [0.3, 0.4) is 0 Å². The average molecular weight is 253 g/mol. The highest BCUT2D eigenvalue weighted by Gasteiger charge is 2.32. The minimum absolute atomic E-state index is 0.210. The van der Waals surface area contributed by atoms with Crippen molar-refractivity contribution in [2.75, 3.05) is 0 Å². The highest BCUT2D eigenvalue weighted by molar-refractivity contribution is 5.84. The van der Waals surface area contributed by atoms with Gasteiger partial charge in [0.1, 0.15) is 6.04 Å². The third-order valence-electron chi connectivity index (χ3n) is 2.55. The fourth-order valence-electron chi connectivity index (χ4n) is 1.53. The van der Waals surface area contributed by atoms with Crippen molar-refractivity contribution in [3.8, 4) is 0 Å². The molecule has 0 bridgehead atoms. The monoisotopic (exact) mass is 253 g/mol. The summed E-state index contributed by atoms with van der Waals surface area (Å²) in [5.74, 6) is -1.30. The molecule has 0 radical (unpaired) electrons. The lowest BCUT2D eigenvalue weighted by molar-refractivity contribution is -0.145. The van der Waals surface area contributed by atoms with Gasteiger partial charge >= 0.3 is 5.97 Å². The molecule has 100 valence electrons. The first-order valence-corrected chi connectivity index (χ1v) is 5.80. The van der Waals surface area contributed by atoms with E-state index in [1.807, 2.05) is 0 Å². The van der Waals surface area contributed by atoms with Crippen molar-refractivity contribution in [2.24, 2.45) is 5.41 Å². The highest BCUT2D eigenvalue weighted by atomic mass is 16.4. The van der Waals surface area contributed by atoms with E-state index in [2.05, 4.69) is 10.4 Å². The minimum atomic E-state index is -1.02. The van der Waals surface area contributed by atoms with Crippen molar-refractivity contribution in [2.45, 2.75) is 39.8 Å². The van der Waals surface area contributed by atoms with Gasteiger partial charge in [0, 0.05) is 25.4 Å². The van der Waals surface area contributed by atoms with Crippen molar-refractivity contribution >= 4 is 11.9 Å². The molecule has 6 nitrogen and oxygen atoms in total. The first kappa shape index (κ1) is 14.2. The largest absolute Gasteiger partial charge is 0.480 e. The molecule has 0 saturated heterocycles. The van der Waals surface area contributed by atoms with Crippen molar-refractivity contribution in [3.63, 3.8) is 0 Å². The Morgan fingerprint density at radius 2 is 2.11 bits per heavy atom. The van der Waals surface area contributed by atoms with Crippen LogP contribution >= 0.6 is 0 Å². The van der Waals surface area contributed by atoms with E-state index < -0.39 is 17.4 Å². The van der Waals surface area contributed by atoms with Gasteiger partial charge in [0.25, 0.3) is 0 Å². The van der Waals surface area contributed by atoms with Crippen LogP contribution in [-0.2, 0) is 16.1 Å². The Morgan fingerprint density at radius 1 is 1.44 bits per heavy atom. The highest BCUT2D eigenvalue weighted by Crippen LogP contribution is 2.19. The van der Waals surface area contributed by atoms with E-state index in [0.29, 0.717) is 6.54 Å². The van der Waals surface area contributed by atoms with E-state index in [1.54, 1.807) is 43.9 Å². The molecule has 0 spiro atoms. The molecule has 1 heterocycles. The maximum atomic E-state index is 11.7. The zero-order valence-corrected chi connectivity index (χ0v) is 10.9. The van der Waals surface area contributed by atoms with Gasteiger partial charge in [-0.25, -0.2) is 4.79 Å². The number of aliphatic carboxylic acids is 1. The number of hydrogen-bond acceptors (Lipinski definition) is 3. The number of amides is 1. The molecule has 1 atom stereocenters. The van der Waals surface area contributed by atoms with Gasteiger partial charge < -0.3 is 10.4 Å². The summed E-state index contributed by atoms with van der Waals surface area (Å²) in [6.45, 7) is 5.77. The summed E-state index contributed by atoms with van der Waals surface area (Å²) in [6.07, 6.45) is 3.60. The molecular weight excluding hydrogens is 234 g/mol. The second kappa shape index (κ2) is 5.66. The number of aryl methyl sites for hydroxylation is 1. The Kier molecular flexibility index (Phi) is 4.47. The second-order valence-electron chi connectivity index (χ2n) is 5.22. The number of carbonyl (C=O) groups excluding carboxylic acids is 1. The van der Waals surface area contributed by atoms with Crippen LogP contribution in [-0.4, -0.2) is 32.8 Å². The predicted molar refractivity (Wildman–Crippen MR) is 65.9 cm³/mol. The second-order valence-corrected chi connectivity index (χ2v) is 5.22. The van der Waals surface area contributed by atoms with Crippen LogP contribution in [0.4, 0.5) is 0 Å². The Morgan fingerprint density at radius 3 is 2.56 bits per heavy atom. The van der Waals surface area contributed by atoms with Crippen LogP contribution in [0, 0.1) is 5.41 Å². The molecule has 0 aromatic carbocycles. The molecule has 0 unspecified atom stereocenters. The minimum Gasteiger partial charge on any atom is -0.480 e. The molecule has 1 aromatic rings. The Balaban J connectivity index is 2.49. The Hall–Kier alpha value is -1.85.